The van der Waals surface area contributed by atoms with Gasteiger partial charge in [-0.1, -0.05) is 18.2 Å². The summed E-state index contributed by atoms with van der Waals surface area (Å²) in [5, 5.41) is 6.71. The number of thiazole rings is 1. The van der Waals surface area contributed by atoms with Crippen LogP contribution in [0.4, 0.5) is 13.2 Å². The topological polar surface area (TPSA) is 65.5 Å². The molecule has 2 aromatic carbocycles. The van der Waals surface area contributed by atoms with Crippen LogP contribution in [0.25, 0.3) is 21.2 Å². The lowest BCUT2D eigenvalue weighted by molar-refractivity contribution is -0.137. The lowest BCUT2D eigenvalue weighted by Crippen LogP contribution is -2.61. The number of thiophene rings is 1. The third-order valence-corrected chi connectivity index (χ3v) is 8.85. The van der Waals surface area contributed by atoms with Crippen LogP contribution in [0.5, 0.6) is 0 Å². The number of hydrogen-bond acceptors (Lipinski definition) is 6. The predicted octanol–water partition coefficient (Wildman–Crippen LogP) is 5.37. The normalized spacial score (nSPS) is 18.2. The molecule has 0 saturated carbocycles. The van der Waals surface area contributed by atoms with Gasteiger partial charge in [0, 0.05) is 54.5 Å². The van der Waals surface area contributed by atoms with Gasteiger partial charge in [0.2, 0.25) is 0 Å². The van der Waals surface area contributed by atoms with Gasteiger partial charge < -0.3 is 15.1 Å². The standard InChI is InChI=1S/C27H23F3N4O2S2/c28-27(29,30)19-3-1-2-16(11-19)17-4-5-22-18(10-17)12-23(38-22)25(35)34-14-21(15-34)32-20-6-8-33(13-20)26(36)24-31-7-9-37-24/h1-5,7,9-12,20-21,32H,6,8,13-15H2. The minimum atomic E-state index is -4.40. The molecule has 0 bridgehead atoms. The minimum Gasteiger partial charge on any atom is -0.335 e. The molecule has 6 nitrogen and oxygen atoms in total. The summed E-state index contributed by atoms with van der Waals surface area (Å²) in [4.78, 5) is 33.9. The Kier molecular flexibility index (Phi) is 6.45. The number of nitrogens with zero attached hydrogens (tertiary/aromatic N) is 3. The van der Waals surface area contributed by atoms with Crippen LogP contribution in [0.2, 0.25) is 0 Å². The van der Waals surface area contributed by atoms with Crippen LogP contribution in [-0.2, 0) is 6.18 Å². The maximum atomic E-state index is 13.1. The Bertz CT molecular complexity index is 1500. The number of halogens is 3. The highest BCUT2D eigenvalue weighted by Gasteiger charge is 2.36. The number of aromatic nitrogens is 1. The molecule has 1 unspecified atom stereocenters. The van der Waals surface area contributed by atoms with Crippen LogP contribution < -0.4 is 5.32 Å². The van der Waals surface area contributed by atoms with Crippen molar-refractivity contribution in [3.8, 4) is 11.1 Å². The molecule has 0 radical (unpaired) electrons. The van der Waals surface area contributed by atoms with Gasteiger partial charge in [-0.25, -0.2) is 4.98 Å². The van der Waals surface area contributed by atoms with Crippen molar-refractivity contribution >= 4 is 44.6 Å². The van der Waals surface area contributed by atoms with Crippen LogP contribution >= 0.6 is 22.7 Å². The first-order chi connectivity index (χ1) is 18.2. The van der Waals surface area contributed by atoms with E-state index in [0.717, 1.165) is 28.6 Å². The fraction of sp³-hybridized carbons (Fsp3) is 0.296. The number of likely N-dealkylation sites (tertiary alicyclic amines) is 2. The van der Waals surface area contributed by atoms with Gasteiger partial charge in [-0.3, -0.25) is 9.59 Å². The largest absolute Gasteiger partial charge is 0.416 e. The third kappa shape index (κ3) is 4.93. The second kappa shape index (κ2) is 9.79. The van der Waals surface area contributed by atoms with Crippen molar-refractivity contribution in [3.05, 3.63) is 75.6 Å². The van der Waals surface area contributed by atoms with E-state index in [2.05, 4.69) is 10.3 Å². The predicted molar refractivity (Wildman–Crippen MR) is 142 cm³/mol. The van der Waals surface area contributed by atoms with Gasteiger partial charge in [-0.2, -0.15) is 13.2 Å². The van der Waals surface area contributed by atoms with Crippen molar-refractivity contribution in [1.82, 2.24) is 20.1 Å². The van der Waals surface area contributed by atoms with Gasteiger partial charge in [0.05, 0.1) is 10.4 Å². The molecule has 4 aromatic rings. The van der Waals surface area contributed by atoms with Crippen LogP contribution in [0.3, 0.4) is 0 Å². The number of hydrogen-bond donors (Lipinski definition) is 1. The van der Waals surface area contributed by atoms with Crippen molar-refractivity contribution in [3.63, 3.8) is 0 Å². The van der Waals surface area contributed by atoms with Gasteiger partial charge in [0.15, 0.2) is 5.01 Å². The number of carbonyl (C=O) groups is 2. The number of amides is 2. The quantitative estimate of drug-likeness (QED) is 0.359. The van der Waals surface area contributed by atoms with Gasteiger partial charge in [0.25, 0.3) is 11.8 Å². The Morgan fingerprint density at radius 2 is 1.74 bits per heavy atom. The molecule has 2 fully saturated rings. The third-order valence-electron chi connectivity index (χ3n) is 6.98. The molecule has 196 valence electrons. The van der Waals surface area contributed by atoms with Crippen molar-refractivity contribution in [2.75, 3.05) is 26.2 Å². The van der Waals surface area contributed by atoms with E-state index in [9.17, 15) is 22.8 Å². The maximum absolute atomic E-state index is 13.1. The molecule has 1 N–H and O–H groups in total. The SMILES string of the molecule is O=C(c1cc2cc(-c3cccc(C(F)(F)F)c3)ccc2s1)N1CC(NC2CCN(C(=O)c3nccs3)C2)C1. The molecular formula is C27H23F3N4O2S2. The molecule has 1 atom stereocenters. The highest BCUT2D eigenvalue weighted by molar-refractivity contribution is 7.20. The monoisotopic (exact) mass is 556 g/mol. The summed E-state index contributed by atoms with van der Waals surface area (Å²) in [6.07, 6.45) is -1.90. The van der Waals surface area contributed by atoms with E-state index in [1.165, 1.54) is 28.7 Å². The van der Waals surface area contributed by atoms with E-state index in [1.807, 2.05) is 23.1 Å². The van der Waals surface area contributed by atoms with E-state index < -0.39 is 11.7 Å². The molecule has 11 heteroatoms. The van der Waals surface area contributed by atoms with Gasteiger partial charge in [-0.05, 0) is 53.3 Å². The Morgan fingerprint density at radius 3 is 2.50 bits per heavy atom. The van der Waals surface area contributed by atoms with E-state index >= 15 is 0 Å². The average molecular weight is 557 g/mol. The van der Waals surface area contributed by atoms with Gasteiger partial charge >= 0.3 is 6.18 Å². The molecule has 6 rings (SSSR count). The molecule has 4 heterocycles. The summed E-state index contributed by atoms with van der Waals surface area (Å²) in [5.41, 5.74) is 0.470. The van der Waals surface area contributed by atoms with Crippen molar-refractivity contribution < 1.29 is 22.8 Å². The number of benzene rings is 2. The van der Waals surface area contributed by atoms with Crippen LogP contribution in [-0.4, -0.2) is 64.9 Å². The van der Waals surface area contributed by atoms with Gasteiger partial charge in [0.1, 0.15) is 0 Å². The number of nitrogens with one attached hydrogen (secondary N) is 1. The summed E-state index contributed by atoms with van der Waals surface area (Å²) in [7, 11) is 0. The number of rotatable bonds is 5. The van der Waals surface area contributed by atoms with E-state index in [0.29, 0.717) is 47.2 Å². The Labute approximate surface area is 224 Å². The van der Waals surface area contributed by atoms with Crippen LogP contribution in [0.15, 0.2) is 60.1 Å². The summed E-state index contributed by atoms with van der Waals surface area (Å²) in [6.45, 7) is 2.52. The second-order valence-electron chi connectivity index (χ2n) is 9.59. The maximum Gasteiger partial charge on any atom is 0.416 e. The summed E-state index contributed by atoms with van der Waals surface area (Å²) in [6, 6.07) is 12.9. The molecule has 2 aromatic heterocycles. The first-order valence-electron chi connectivity index (χ1n) is 12.2. The molecular weight excluding hydrogens is 533 g/mol. The van der Waals surface area contributed by atoms with Crippen molar-refractivity contribution in [1.29, 1.82) is 0 Å². The molecule has 0 spiro atoms. The summed E-state index contributed by atoms with van der Waals surface area (Å²) < 4.78 is 40.3. The van der Waals surface area contributed by atoms with E-state index in [1.54, 1.807) is 28.6 Å². The molecule has 38 heavy (non-hydrogen) atoms. The molecule has 2 saturated heterocycles. The molecule has 2 aliphatic rings. The molecule has 2 aliphatic heterocycles. The van der Waals surface area contributed by atoms with Crippen molar-refractivity contribution in [2.24, 2.45) is 0 Å². The zero-order valence-electron chi connectivity index (χ0n) is 20.1. The number of alkyl halides is 3. The highest BCUT2D eigenvalue weighted by atomic mass is 32.1. The van der Waals surface area contributed by atoms with Crippen molar-refractivity contribution in [2.45, 2.75) is 24.7 Å². The second-order valence-corrected chi connectivity index (χ2v) is 11.6. The minimum absolute atomic E-state index is 0.0318. The first-order valence-corrected chi connectivity index (χ1v) is 13.9. The average Bonchev–Trinajstić information content (AvgIpc) is 3.65. The van der Waals surface area contributed by atoms with E-state index in [4.69, 9.17) is 0 Å². The summed E-state index contributed by atoms with van der Waals surface area (Å²) >= 11 is 2.74. The lowest BCUT2D eigenvalue weighted by Gasteiger charge is -2.40. The Balaban J connectivity index is 1.06. The Hall–Kier alpha value is -3.28. The van der Waals surface area contributed by atoms with Crippen LogP contribution in [0.1, 0.15) is 31.5 Å². The number of fused-ring (bicyclic) bond motifs is 1. The first kappa shape index (κ1) is 25.0. The number of carbonyl (C=O) groups excluding carboxylic acids is 2. The Morgan fingerprint density at radius 1 is 0.947 bits per heavy atom. The van der Waals surface area contributed by atoms with E-state index in [-0.39, 0.29) is 23.9 Å². The molecule has 0 aliphatic carbocycles. The fourth-order valence-corrected chi connectivity index (χ4v) is 6.60. The lowest BCUT2D eigenvalue weighted by atomic mass is 10.0. The fourth-order valence-electron chi connectivity index (χ4n) is 4.99. The highest BCUT2D eigenvalue weighted by Crippen LogP contribution is 2.35. The zero-order chi connectivity index (χ0) is 26.4. The van der Waals surface area contributed by atoms with Crippen LogP contribution in [0, 0.1) is 0 Å². The summed E-state index contributed by atoms with van der Waals surface area (Å²) in [5.74, 6) is -0.0763. The smallest absolute Gasteiger partial charge is 0.335 e. The zero-order valence-corrected chi connectivity index (χ0v) is 21.7. The van der Waals surface area contributed by atoms with Gasteiger partial charge in [-0.15, -0.1) is 22.7 Å². The molecule has 2 amide bonds.